The van der Waals surface area contributed by atoms with E-state index in [1.807, 2.05) is 0 Å². The fraction of sp³-hybridized carbons (Fsp3) is 0.500. The first-order valence-corrected chi connectivity index (χ1v) is 5.64. The Hall–Kier alpha value is -2.25. The zero-order valence-electron chi connectivity index (χ0n) is 10.0. The Balaban J connectivity index is 1.65. The molecule has 1 N–H and O–H groups in total. The van der Waals surface area contributed by atoms with Crippen LogP contribution in [0.3, 0.4) is 0 Å². The van der Waals surface area contributed by atoms with Crippen molar-refractivity contribution in [3.05, 3.63) is 23.8 Å². The van der Waals surface area contributed by atoms with Crippen LogP contribution in [0.15, 0.2) is 17.0 Å². The molecule has 0 aliphatic carbocycles. The largest absolute Gasteiger partial charge is 0.356 e. The van der Waals surface area contributed by atoms with Crippen LogP contribution in [-0.4, -0.2) is 37.8 Å². The fourth-order valence-electron chi connectivity index (χ4n) is 1.45. The molecule has 0 bridgehead atoms. The van der Waals surface area contributed by atoms with Crippen LogP contribution in [0.2, 0.25) is 0 Å². The summed E-state index contributed by atoms with van der Waals surface area (Å²) in [6.07, 6.45) is 4.40. The molecule has 0 aliphatic heterocycles. The van der Waals surface area contributed by atoms with Gasteiger partial charge in [-0.2, -0.15) is 0 Å². The number of aromatic nitrogens is 5. The Morgan fingerprint density at radius 1 is 1.50 bits per heavy atom. The second kappa shape index (κ2) is 5.89. The zero-order chi connectivity index (χ0) is 12.8. The number of amides is 1. The third-order valence-electron chi connectivity index (χ3n) is 2.43. The lowest BCUT2D eigenvalue weighted by atomic mass is 10.2. The Kier molecular flexibility index (Phi) is 4.00. The second-order valence-electron chi connectivity index (χ2n) is 3.84. The van der Waals surface area contributed by atoms with Crippen LogP contribution in [0.1, 0.15) is 17.8 Å². The van der Waals surface area contributed by atoms with Crippen LogP contribution in [0.25, 0.3) is 0 Å². The zero-order valence-corrected chi connectivity index (χ0v) is 10.0. The summed E-state index contributed by atoms with van der Waals surface area (Å²) in [7, 11) is 0. The summed E-state index contributed by atoms with van der Waals surface area (Å²) in [5.74, 6) is -0.0904. The highest BCUT2D eigenvalue weighted by Crippen LogP contribution is 2.00. The van der Waals surface area contributed by atoms with Crippen molar-refractivity contribution in [1.82, 2.24) is 30.6 Å². The third kappa shape index (κ3) is 3.37. The van der Waals surface area contributed by atoms with Gasteiger partial charge in [0.1, 0.15) is 11.4 Å². The second-order valence-corrected chi connectivity index (χ2v) is 3.84. The highest BCUT2D eigenvalue weighted by molar-refractivity contribution is 5.78. The third-order valence-corrected chi connectivity index (χ3v) is 2.43. The Morgan fingerprint density at radius 2 is 2.39 bits per heavy atom. The van der Waals surface area contributed by atoms with Crippen LogP contribution in [0.5, 0.6) is 0 Å². The van der Waals surface area contributed by atoms with Crippen molar-refractivity contribution in [3.8, 4) is 0 Å². The van der Waals surface area contributed by atoms with Gasteiger partial charge in [-0.3, -0.25) is 9.48 Å². The molecule has 0 aliphatic rings. The van der Waals surface area contributed by atoms with Crippen LogP contribution in [-0.2, 0) is 17.8 Å². The monoisotopic (exact) mass is 250 g/mol. The van der Waals surface area contributed by atoms with Gasteiger partial charge in [-0.15, -0.1) is 5.10 Å². The molecule has 2 rings (SSSR count). The van der Waals surface area contributed by atoms with Crippen LogP contribution < -0.4 is 5.32 Å². The summed E-state index contributed by atoms with van der Waals surface area (Å²) < 4.78 is 6.24. The maximum absolute atomic E-state index is 11.6. The molecule has 8 heteroatoms. The van der Waals surface area contributed by atoms with Gasteiger partial charge in [0.15, 0.2) is 0 Å². The first-order chi connectivity index (χ1) is 8.75. The molecular weight excluding hydrogens is 236 g/mol. The van der Waals surface area contributed by atoms with Gasteiger partial charge in [0.25, 0.3) is 0 Å². The minimum atomic E-state index is -0.0904. The Labute approximate surface area is 103 Å². The maximum atomic E-state index is 11.6. The molecule has 2 aromatic rings. The van der Waals surface area contributed by atoms with E-state index in [9.17, 15) is 4.79 Å². The van der Waals surface area contributed by atoms with Gasteiger partial charge in [0.05, 0.1) is 12.6 Å². The van der Waals surface area contributed by atoms with Gasteiger partial charge in [0.2, 0.25) is 5.91 Å². The predicted molar refractivity (Wildman–Crippen MR) is 60.4 cm³/mol. The number of carbonyl (C=O) groups is 1. The lowest BCUT2D eigenvalue weighted by molar-refractivity contribution is -0.120. The van der Waals surface area contributed by atoms with Crippen molar-refractivity contribution in [2.24, 2.45) is 0 Å². The molecule has 0 atom stereocenters. The van der Waals surface area contributed by atoms with Gasteiger partial charge in [0, 0.05) is 19.3 Å². The SMILES string of the molecule is Cc1nonc1CC(=O)NCCCn1ccnn1. The van der Waals surface area contributed by atoms with Crippen molar-refractivity contribution in [1.29, 1.82) is 0 Å². The van der Waals surface area contributed by atoms with Crippen molar-refractivity contribution in [2.75, 3.05) is 6.54 Å². The van der Waals surface area contributed by atoms with Crippen LogP contribution >= 0.6 is 0 Å². The number of carbonyl (C=O) groups excluding carboxylic acids is 1. The van der Waals surface area contributed by atoms with E-state index in [4.69, 9.17) is 0 Å². The van der Waals surface area contributed by atoms with E-state index in [0.717, 1.165) is 13.0 Å². The van der Waals surface area contributed by atoms with E-state index in [1.54, 1.807) is 24.0 Å². The van der Waals surface area contributed by atoms with Crippen molar-refractivity contribution in [3.63, 3.8) is 0 Å². The molecule has 8 nitrogen and oxygen atoms in total. The van der Waals surface area contributed by atoms with E-state index >= 15 is 0 Å². The number of nitrogens with one attached hydrogen (secondary N) is 1. The van der Waals surface area contributed by atoms with E-state index in [-0.39, 0.29) is 12.3 Å². The van der Waals surface area contributed by atoms with E-state index in [0.29, 0.717) is 17.9 Å². The highest BCUT2D eigenvalue weighted by atomic mass is 16.6. The molecular formula is C10H14N6O2. The Morgan fingerprint density at radius 3 is 3.06 bits per heavy atom. The molecule has 0 unspecified atom stereocenters. The lowest BCUT2D eigenvalue weighted by Crippen LogP contribution is -2.27. The lowest BCUT2D eigenvalue weighted by Gasteiger charge is -2.03. The number of hydrogen-bond donors (Lipinski definition) is 1. The quantitative estimate of drug-likeness (QED) is 0.708. The minimum absolute atomic E-state index is 0.0904. The van der Waals surface area contributed by atoms with Crippen molar-refractivity contribution in [2.45, 2.75) is 26.3 Å². The molecule has 0 saturated heterocycles. The normalized spacial score (nSPS) is 10.5. The highest BCUT2D eigenvalue weighted by Gasteiger charge is 2.10. The number of nitrogens with zero attached hydrogens (tertiary/aromatic N) is 5. The van der Waals surface area contributed by atoms with Gasteiger partial charge in [-0.25, -0.2) is 4.63 Å². The standard InChI is InChI=1S/C10H14N6O2/c1-8-9(14-18-13-8)7-10(17)11-3-2-5-16-6-4-12-15-16/h4,6H,2-3,5,7H2,1H3,(H,11,17). The first-order valence-electron chi connectivity index (χ1n) is 5.64. The van der Waals surface area contributed by atoms with E-state index < -0.39 is 0 Å². The number of hydrogen-bond acceptors (Lipinski definition) is 6. The minimum Gasteiger partial charge on any atom is -0.356 e. The summed E-state index contributed by atoms with van der Waals surface area (Å²) >= 11 is 0. The summed E-state index contributed by atoms with van der Waals surface area (Å²) in [4.78, 5) is 11.6. The summed E-state index contributed by atoms with van der Waals surface area (Å²) in [5, 5.41) is 17.6. The average Bonchev–Trinajstić information content (AvgIpc) is 2.98. The van der Waals surface area contributed by atoms with E-state index in [2.05, 4.69) is 30.6 Å². The molecule has 18 heavy (non-hydrogen) atoms. The van der Waals surface area contributed by atoms with Crippen molar-refractivity contribution >= 4 is 5.91 Å². The molecule has 0 radical (unpaired) electrons. The Bertz CT molecular complexity index is 492. The van der Waals surface area contributed by atoms with Crippen LogP contribution in [0.4, 0.5) is 0 Å². The molecule has 1 amide bonds. The van der Waals surface area contributed by atoms with Gasteiger partial charge >= 0.3 is 0 Å². The summed E-state index contributed by atoms with van der Waals surface area (Å²) in [6, 6.07) is 0. The molecule has 2 heterocycles. The molecule has 0 fully saturated rings. The molecule has 2 aromatic heterocycles. The number of aryl methyl sites for hydroxylation is 2. The smallest absolute Gasteiger partial charge is 0.226 e. The topological polar surface area (TPSA) is 98.7 Å². The van der Waals surface area contributed by atoms with Crippen molar-refractivity contribution < 1.29 is 9.42 Å². The van der Waals surface area contributed by atoms with E-state index in [1.165, 1.54) is 0 Å². The predicted octanol–water partition coefficient (Wildman–Crippen LogP) is -0.281. The molecule has 96 valence electrons. The molecule has 0 saturated carbocycles. The fourth-order valence-corrected chi connectivity index (χ4v) is 1.45. The van der Waals surface area contributed by atoms with Gasteiger partial charge < -0.3 is 5.32 Å². The van der Waals surface area contributed by atoms with Gasteiger partial charge in [-0.05, 0) is 13.3 Å². The molecule has 0 spiro atoms. The molecule has 0 aromatic carbocycles. The number of rotatable bonds is 6. The van der Waals surface area contributed by atoms with Gasteiger partial charge in [-0.1, -0.05) is 15.5 Å². The van der Waals surface area contributed by atoms with Crippen LogP contribution in [0, 0.1) is 6.92 Å². The maximum Gasteiger partial charge on any atom is 0.226 e. The summed E-state index contributed by atoms with van der Waals surface area (Å²) in [5.41, 5.74) is 1.22. The first kappa shape index (κ1) is 12.2. The summed E-state index contributed by atoms with van der Waals surface area (Å²) in [6.45, 7) is 3.07. The average molecular weight is 250 g/mol.